The first-order valence-corrected chi connectivity index (χ1v) is 31.0. The summed E-state index contributed by atoms with van der Waals surface area (Å²) in [6.45, 7) is 3.27. The number of phenols is 2. The lowest BCUT2D eigenvalue weighted by atomic mass is 9.72. The van der Waals surface area contributed by atoms with Gasteiger partial charge < -0.3 is 84.5 Å². The molecule has 4 saturated heterocycles. The molecule has 9 rings (SSSR count). The van der Waals surface area contributed by atoms with Gasteiger partial charge in [0.05, 0.1) is 55.1 Å². The molecule has 0 saturated carbocycles. The predicted octanol–water partition coefficient (Wildman–Crippen LogP) is -0.308. The normalized spacial score (nSPS) is 24.7. The van der Waals surface area contributed by atoms with Crippen molar-refractivity contribution in [2.75, 3.05) is 73.7 Å². The molecule has 0 spiro atoms. The van der Waals surface area contributed by atoms with E-state index in [9.17, 15) is 84.0 Å². The first-order chi connectivity index (χ1) is 44.5. The number of hydrogen-bond acceptors (Lipinski definition) is 23. The number of phenolic OH excluding ortho intramolecular Hbond substituents is 2. The quantitative estimate of drug-likeness (QED) is 0.00635. The third kappa shape index (κ3) is 14.5. The second-order valence-corrected chi connectivity index (χ2v) is 24.7. The number of methoxy groups -OCH3 is 2. The molecular weight excluding hydrogens is 1290 g/mol. The zero-order valence-electron chi connectivity index (χ0n) is 51.3. The highest BCUT2D eigenvalue weighted by atomic mass is 32.2. The second-order valence-electron chi connectivity index (χ2n) is 22.9. The van der Waals surface area contributed by atoms with Crippen LogP contribution in [0.2, 0.25) is 0 Å². The number of ether oxygens (including phenoxy) is 9. The molecule has 9 N–H and O–H groups in total. The molecule has 4 aliphatic heterocycles. The molecule has 11 atom stereocenters. The Bertz CT molecular complexity index is 3580. The first-order valence-electron chi connectivity index (χ1n) is 29.6. The lowest BCUT2D eigenvalue weighted by Gasteiger charge is -2.43. The average molecular weight is 1360 g/mol. The number of halogens is 5. The molecule has 36 heteroatoms. The number of piperidine rings is 1. The Labute approximate surface area is 532 Å². The monoisotopic (exact) mass is 1360 g/mol. The number of hydrogen-bond donors (Lipinski definition) is 9. The number of amides is 5. The number of benzene rings is 3. The number of nitrogens with zero attached hydrogens (tertiary/aromatic N) is 2. The van der Waals surface area contributed by atoms with Gasteiger partial charge in [-0.2, -0.15) is 26.2 Å². The fourth-order valence-electron chi connectivity index (χ4n) is 11.9. The van der Waals surface area contributed by atoms with Gasteiger partial charge in [-0.25, -0.2) is 13.2 Å². The summed E-state index contributed by atoms with van der Waals surface area (Å²) in [6, 6.07) is 0.267. The molecule has 3 aromatic carbocycles. The molecule has 5 amide bonds. The third-order valence-electron chi connectivity index (χ3n) is 16.8. The molecule has 2 aliphatic carbocycles. The Morgan fingerprint density at radius 3 is 2.09 bits per heavy atom. The lowest BCUT2D eigenvalue weighted by molar-refractivity contribution is -0.256. The van der Waals surface area contributed by atoms with E-state index in [1.54, 1.807) is 6.92 Å². The Hall–Kier alpha value is -7.62. The Morgan fingerprint density at radius 2 is 1.43 bits per heavy atom. The summed E-state index contributed by atoms with van der Waals surface area (Å²) in [5, 5.41) is 48.5. The van der Waals surface area contributed by atoms with Crippen LogP contribution in [-0.2, 0) is 78.6 Å². The average Bonchev–Trinajstić information content (AvgIpc) is 0.816. The molecule has 4 fully saturated rings. The van der Waals surface area contributed by atoms with Crippen LogP contribution >= 0.6 is 0 Å². The minimum atomic E-state index is -4.31. The minimum Gasteiger partial charge on any atom is -0.507 e. The highest BCUT2D eigenvalue weighted by Gasteiger charge is 2.56. The van der Waals surface area contributed by atoms with E-state index in [4.69, 9.17) is 37.9 Å². The van der Waals surface area contributed by atoms with Gasteiger partial charge in [0.1, 0.15) is 67.1 Å². The number of esters is 1. The maximum atomic E-state index is 14.3. The molecule has 30 nitrogen and oxygen atoms in total. The van der Waals surface area contributed by atoms with Crippen LogP contribution in [0.4, 0.5) is 22.0 Å². The number of carbonyl (C=O) groups excluding carboxylic acids is 8. The molecule has 3 aromatic rings. The van der Waals surface area contributed by atoms with Gasteiger partial charge >= 0.3 is 5.97 Å². The van der Waals surface area contributed by atoms with Crippen molar-refractivity contribution in [3.63, 3.8) is 0 Å². The zero-order chi connectivity index (χ0) is 68.4. The molecule has 514 valence electrons. The third-order valence-corrected chi connectivity index (χ3v) is 18.4. The van der Waals surface area contributed by atoms with E-state index in [2.05, 4.69) is 40.9 Å². The summed E-state index contributed by atoms with van der Waals surface area (Å²) in [5.41, 5.74) is -4.15. The van der Waals surface area contributed by atoms with Crippen LogP contribution in [0.5, 0.6) is 23.0 Å². The number of aromatic hydroxyl groups is 2. The number of aliphatic hydroxyl groups is 1. The number of rotatable bonds is 24. The van der Waals surface area contributed by atoms with E-state index < -0.39 is 214 Å². The highest BCUT2D eigenvalue weighted by molar-refractivity contribution is 7.87. The van der Waals surface area contributed by atoms with E-state index in [-0.39, 0.29) is 79.5 Å². The highest BCUT2D eigenvalue weighted by Crippen LogP contribution is 2.53. The minimum absolute atomic E-state index is 0.0403. The Balaban J connectivity index is 0.706. The molecule has 0 unspecified atom stereocenters. The van der Waals surface area contributed by atoms with Crippen molar-refractivity contribution in [1.82, 2.24) is 40.5 Å². The maximum absolute atomic E-state index is 14.3. The van der Waals surface area contributed by atoms with Crippen molar-refractivity contribution in [3.8, 4) is 23.0 Å². The van der Waals surface area contributed by atoms with Gasteiger partial charge in [-0.05, 0) is 46.6 Å². The number of fused-ring (bicyclic) bond motifs is 6. The van der Waals surface area contributed by atoms with Crippen LogP contribution in [0.1, 0.15) is 102 Å². The molecule has 94 heavy (non-hydrogen) atoms. The molecule has 0 radical (unpaired) electrons. The standard InChI is InChI=1S/C58H69F5N8O22S/c1-24(68-53(79)26(3)69-52(78)25(2)67-34(72)21-88-23-66-94(83,84)70-13-10-28(11-14-70)55(80)93-50-43(62)41(60)40(59)42(61)44(50)63)51(77)65-22-87-16-12-64-57(81)58(82)19-30-37(48(76)39-38(46(30)74)45(73)29-8-7-9-32(85-5)36(29)47(39)75)33(20-58)91-35-18-31-49(27(4)90-35)92-54-56(86-6)89-17-15-71(31)54/h7-9,24-28,31,33,35,49,54,56,66,74,76,82H,10-23H2,1-6H3,(H,64,81)(H,65,77)(H,67,72)(H,68,79)(H,69,78)/t24-,25-,26-,27-,31-,33-,35-,49+,54+,56-,58-/m0/s1. The van der Waals surface area contributed by atoms with Crippen molar-refractivity contribution in [1.29, 1.82) is 0 Å². The summed E-state index contributed by atoms with van der Waals surface area (Å²) in [5.74, 6) is -23.6. The van der Waals surface area contributed by atoms with Crippen molar-refractivity contribution in [3.05, 3.63) is 80.7 Å². The van der Waals surface area contributed by atoms with Gasteiger partial charge in [-0.15, -0.1) is 0 Å². The van der Waals surface area contributed by atoms with E-state index in [0.717, 1.165) is 4.31 Å². The van der Waals surface area contributed by atoms with Crippen LogP contribution in [0.25, 0.3) is 0 Å². The van der Waals surface area contributed by atoms with E-state index in [1.807, 2.05) is 0 Å². The second kappa shape index (κ2) is 29.2. The molecular formula is C58H69F5N8O22S. The summed E-state index contributed by atoms with van der Waals surface area (Å²) in [7, 11) is -1.52. The summed E-state index contributed by atoms with van der Waals surface area (Å²) >= 11 is 0. The fraction of sp³-hybridized carbons (Fsp3) is 0.552. The SMILES string of the molecule is COc1cccc2c1C(=O)c1c(O)c3c(c(O)c1C2=O)C[C@@](O)(C(=O)NCCOCNC(=O)[C@H](C)NC(=O)[C@H](C)NC(=O)[C@H](C)NC(=O)COCNS(=O)(=O)N1CCC(C(=O)Oc2c(F)c(F)c(F)c(F)c2F)CC1)C[C@@H]3O[C@H]1C[C@H]2[C@H](O[C@@H]3[C@@H](OC)OCCN32)[C@H](C)O1. The van der Waals surface area contributed by atoms with E-state index >= 15 is 0 Å². The summed E-state index contributed by atoms with van der Waals surface area (Å²) in [4.78, 5) is 108. The Kier molecular flexibility index (Phi) is 21.9. The lowest BCUT2D eigenvalue weighted by Crippen LogP contribution is -2.55. The maximum Gasteiger partial charge on any atom is 0.314 e. The van der Waals surface area contributed by atoms with Gasteiger partial charge in [0.25, 0.3) is 16.1 Å². The van der Waals surface area contributed by atoms with Crippen LogP contribution < -0.4 is 40.8 Å². The van der Waals surface area contributed by atoms with Crippen LogP contribution in [-0.4, -0.2) is 214 Å². The smallest absolute Gasteiger partial charge is 0.314 e. The van der Waals surface area contributed by atoms with Crippen molar-refractivity contribution in [2.45, 2.75) is 127 Å². The Morgan fingerprint density at radius 1 is 0.787 bits per heavy atom. The van der Waals surface area contributed by atoms with Crippen molar-refractivity contribution >= 4 is 57.3 Å². The molecule has 6 aliphatic rings. The molecule has 0 bridgehead atoms. The molecule has 4 heterocycles. The number of morpholine rings is 1. The van der Waals surface area contributed by atoms with Crippen LogP contribution in [0.15, 0.2) is 18.2 Å². The zero-order valence-corrected chi connectivity index (χ0v) is 52.1. The van der Waals surface area contributed by atoms with Gasteiger partial charge in [0, 0.05) is 75.3 Å². The number of carbonyl (C=O) groups is 8. The number of nitrogens with one attached hydrogen (secondary N) is 6. The number of ketones is 2. The van der Waals surface area contributed by atoms with Gasteiger partial charge in [0.2, 0.25) is 64.2 Å². The topological polar surface area (TPSA) is 393 Å². The largest absolute Gasteiger partial charge is 0.507 e. The van der Waals surface area contributed by atoms with Crippen LogP contribution in [0, 0.1) is 35.0 Å². The van der Waals surface area contributed by atoms with Crippen molar-refractivity contribution in [2.24, 2.45) is 5.92 Å². The van der Waals surface area contributed by atoms with Gasteiger partial charge in [-0.1, -0.05) is 12.1 Å². The first kappa shape index (κ1) is 70.7. The van der Waals surface area contributed by atoms with E-state index in [0.29, 0.717) is 13.2 Å². The summed E-state index contributed by atoms with van der Waals surface area (Å²) < 4.78 is 148. The predicted molar refractivity (Wildman–Crippen MR) is 305 cm³/mol. The van der Waals surface area contributed by atoms with Crippen LogP contribution in [0.3, 0.4) is 0 Å². The summed E-state index contributed by atoms with van der Waals surface area (Å²) in [6.07, 6.45) is -6.40. The van der Waals surface area contributed by atoms with Gasteiger partial charge in [-0.3, -0.25) is 43.3 Å². The van der Waals surface area contributed by atoms with E-state index in [1.165, 1.54) is 53.2 Å². The molecule has 0 aromatic heterocycles. The van der Waals surface area contributed by atoms with Gasteiger partial charge in [0.15, 0.2) is 24.6 Å². The van der Waals surface area contributed by atoms with Crippen molar-refractivity contribution < 1.29 is 127 Å². The fourth-order valence-corrected chi connectivity index (χ4v) is 13.1.